The molecule has 0 saturated carbocycles. The Hall–Kier alpha value is -1.63. The standard InChI is InChI=1S/C18H23Cl2N5O/c1-2-15-22-17(18(26)21-9-12-24-10-4-3-5-11-24)23-25(15)16-13(19)7-6-8-14(16)20/h6-8H,2-5,9-12H2,1H3,(H,21,26). The van der Waals surface area contributed by atoms with Gasteiger partial charge in [0, 0.05) is 19.5 Å². The van der Waals surface area contributed by atoms with E-state index in [0.29, 0.717) is 34.5 Å². The zero-order chi connectivity index (χ0) is 18.5. The third-order valence-electron chi connectivity index (χ3n) is 4.51. The highest BCUT2D eigenvalue weighted by molar-refractivity contribution is 6.37. The van der Waals surface area contributed by atoms with Crippen LogP contribution in [0.25, 0.3) is 5.69 Å². The Balaban J connectivity index is 1.70. The van der Waals surface area contributed by atoms with Gasteiger partial charge in [0.05, 0.1) is 10.0 Å². The number of hydrogen-bond acceptors (Lipinski definition) is 4. The van der Waals surface area contributed by atoms with Crippen LogP contribution in [0.1, 0.15) is 42.6 Å². The topological polar surface area (TPSA) is 63.1 Å². The van der Waals surface area contributed by atoms with Crippen molar-refractivity contribution in [3.8, 4) is 5.69 Å². The van der Waals surface area contributed by atoms with Gasteiger partial charge in [0.1, 0.15) is 11.5 Å². The van der Waals surface area contributed by atoms with Crippen molar-refractivity contribution in [2.24, 2.45) is 0 Å². The van der Waals surface area contributed by atoms with E-state index in [4.69, 9.17) is 23.2 Å². The summed E-state index contributed by atoms with van der Waals surface area (Å²) in [6.45, 7) is 5.59. The molecule has 0 atom stereocenters. The molecule has 6 nitrogen and oxygen atoms in total. The van der Waals surface area contributed by atoms with E-state index < -0.39 is 0 Å². The number of para-hydroxylation sites is 1. The molecule has 1 aliphatic rings. The fraction of sp³-hybridized carbons (Fsp3) is 0.500. The van der Waals surface area contributed by atoms with Crippen LogP contribution in [0.4, 0.5) is 0 Å². The molecule has 0 unspecified atom stereocenters. The Morgan fingerprint density at radius 2 is 1.88 bits per heavy atom. The summed E-state index contributed by atoms with van der Waals surface area (Å²) < 4.78 is 1.56. The molecule has 0 aliphatic carbocycles. The fourth-order valence-electron chi connectivity index (χ4n) is 3.13. The van der Waals surface area contributed by atoms with Gasteiger partial charge >= 0.3 is 0 Å². The van der Waals surface area contributed by atoms with Crippen molar-refractivity contribution in [2.75, 3.05) is 26.2 Å². The van der Waals surface area contributed by atoms with E-state index >= 15 is 0 Å². The van der Waals surface area contributed by atoms with Crippen LogP contribution in [0.2, 0.25) is 10.0 Å². The van der Waals surface area contributed by atoms with Gasteiger partial charge in [-0.05, 0) is 38.1 Å². The molecule has 140 valence electrons. The second-order valence-corrected chi connectivity index (χ2v) is 7.16. The molecule has 1 aromatic heterocycles. The van der Waals surface area contributed by atoms with Gasteiger partial charge in [0.15, 0.2) is 0 Å². The lowest BCUT2D eigenvalue weighted by molar-refractivity contribution is 0.0936. The molecule has 1 fully saturated rings. The lowest BCUT2D eigenvalue weighted by Gasteiger charge is -2.26. The average molecular weight is 396 g/mol. The first kappa shape index (κ1) is 19.1. The number of rotatable bonds is 6. The minimum Gasteiger partial charge on any atom is -0.348 e. The number of aryl methyl sites for hydroxylation is 1. The molecule has 26 heavy (non-hydrogen) atoms. The summed E-state index contributed by atoms with van der Waals surface area (Å²) >= 11 is 12.5. The number of benzene rings is 1. The molecule has 0 bridgehead atoms. The molecule has 1 aromatic carbocycles. The molecule has 2 heterocycles. The number of halogens is 2. The third-order valence-corrected chi connectivity index (χ3v) is 5.12. The summed E-state index contributed by atoms with van der Waals surface area (Å²) in [5.74, 6) is 0.497. The van der Waals surface area contributed by atoms with E-state index in [1.807, 2.05) is 6.92 Å². The van der Waals surface area contributed by atoms with Crippen LogP contribution in [0, 0.1) is 0 Å². The molecule has 3 rings (SSSR count). The largest absolute Gasteiger partial charge is 0.348 e. The number of piperidine rings is 1. The van der Waals surface area contributed by atoms with Gasteiger partial charge in [-0.25, -0.2) is 9.67 Å². The van der Waals surface area contributed by atoms with Gasteiger partial charge in [-0.2, -0.15) is 0 Å². The maximum atomic E-state index is 12.4. The van der Waals surface area contributed by atoms with Gasteiger partial charge in [-0.15, -0.1) is 5.10 Å². The molecule has 0 spiro atoms. The summed E-state index contributed by atoms with van der Waals surface area (Å²) in [6.07, 6.45) is 4.38. The smallest absolute Gasteiger partial charge is 0.291 e. The molecule has 1 aliphatic heterocycles. The van der Waals surface area contributed by atoms with Crippen molar-refractivity contribution in [2.45, 2.75) is 32.6 Å². The van der Waals surface area contributed by atoms with Crippen LogP contribution in [0.3, 0.4) is 0 Å². The highest BCUT2D eigenvalue weighted by Gasteiger charge is 2.19. The number of carbonyl (C=O) groups excluding carboxylic acids is 1. The van der Waals surface area contributed by atoms with Crippen molar-refractivity contribution in [3.05, 3.63) is 39.9 Å². The van der Waals surface area contributed by atoms with E-state index in [1.54, 1.807) is 22.9 Å². The van der Waals surface area contributed by atoms with Gasteiger partial charge < -0.3 is 10.2 Å². The third kappa shape index (κ3) is 4.37. The normalized spacial score (nSPS) is 15.2. The Kier molecular flexibility index (Phi) is 6.51. The monoisotopic (exact) mass is 395 g/mol. The first-order chi connectivity index (χ1) is 12.6. The van der Waals surface area contributed by atoms with Crippen LogP contribution < -0.4 is 5.32 Å². The molecule has 2 aromatic rings. The zero-order valence-electron chi connectivity index (χ0n) is 14.8. The lowest BCUT2D eigenvalue weighted by Crippen LogP contribution is -2.37. The van der Waals surface area contributed by atoms with Gasteiger partial charge in [-0.3, -0.25) is 4.79 Å². The average Bonchev–Trinajstić information content (AvgIpc) is 3.06. The first-order valence-corrected chi connectivity index (χ1v) is 9.76. The van der Waals surface area contributed by atoms with E-state index in [2.05, 4.69) is 20.3 Å². The number of nitrogens with zero attached hydrogens (tertiary/aromatic N) is 4. The molecule has 1 N–H and O–H groups in total. The van der Waals surface area contributed by atoms with Gasteiger partial charge in [0.2, 0.25) is 5.82 Å². The Bertz CT molecular complexity index is 751. The van der Waals surface area contributed by atoms with E-state index in [1.165, 1.54) is 19.3 Å². The molecule has 8 heteroatoms. The van der Waals surface area contributed by atoms with Crippen molar-refractivity contribution < 1.29 is 4.79 Å². The summed E-state index contributed by atoms with van der Waals surface area (Å²) in [7, 11) is 0. The highest BCUT2D eigenvalue weighted by Crippen LogP contribution is 2.28. The zero-order valence-corrected chi connectivity index (χ0v) is 16.4. The van der Waals surface area contributed by atoms with Crippen molar-refractivity contribution in [3.63, 3.8) is 0 Å². The SMILES string of the molecule is CCc1nc(C(=O)NCCN2CCCCC2)nn1-c1c(Cl)cccc1Cl. The van der Waals surface area contributed by atoms with E-state index in [-0.39, 0.29) is 11.7 Å². The number of nitrogens with one attached hydrogen (secondary N) is 1. The Morgan fingerprint density at radius 1 is 1.19 bits per heavy atom. The summed E-state index contributed by atoms with van der Waals surface area (Å²) in [5.41, 5.74) is 0.549. The molecular weight excluding hydrogens is 373 g/mol. The second kappa shape index (κ2) is 8.84. The van der Waals surface area contributed by atoms with Crippen molar-refractivity contribution >= 4 is 29.1 Å². The molecule has 0 radical (unpaired) electrons. The quantitative estimate of drug-likeness (QED) is 0.814. The minimum absolute atomic E-state index is 0.136. The summed E-state index contributed by atoms with van der Waals surface area (Å²) in [6, 6.07) is 5.25. The second-order valence-electron chi connectivity index (χ2n) is 6.35. The predicted molar refractivity (Wildman–Crippen MR) is 103 cm³/mol. The van der Waals surface area contributed by atoms with E-state index in [9.17, 15) is 4.79 Å². The number of amides is 1. The maximum absolute atomic E-state index is 12.4. The fourth-order valence-corrected chi connectivity index (χ4v) is 3.69. The Labute approximate surface area is 163 Å². The van der Waals surface area contributed by atoms with Crippen LogP contribution in [0.15, 0.2) is 18.2 Å². The van der Waals surface area contributed by atoms with Gasteiger partial charge in [-0.1, -0.05) is 42.6 Å². The maximum Gasteiger partial charge on any atom is 0.291 e. The molecular formula is C18H23Cl2N5O. The molecule has 1 amide bonds. The van der Waals surface area contributed by atoms with Gasteiger partial charge in [0.25, 0.3) is 5.91 Å². The Morgan fingerprint density at radius 3 is 2.54 bits per heavy atom. The summed E-state index contributed by atoms with van der Waals surface area (Å²) in [5, 5.41) is 8.19. The molecule has 1 saturated heterocycles. The predicted octanol–water partition coefficient (Wildman–Crippen LogP) is 3.35. The van der Waals surface area contributed by atoms with Crippen LogP contribution in [-0.4, -0.2) is 51.8 Å². The number of hydrogen-bond donors (Lipinski definition) is 1. The summed E-state index contributed by atoms with van der Waals surface area (Å²) in [4.78, 5) is 19.2. The van der Waals surface area contributed by atoms with Crippen LogP contribution in [-0.2, 0) is 6.42 Å². The number of likely N-dealkylation sites (tertiary alicyclic amines) is 1. The van der Waals surface area contributed by atoms with Crippen molar-refractivity contribution in [1.29, 1.82) is 0 Å². The van der Waals surface area contributed by atoms with Crippen LogP contribution in [0.5, 0.6) is 0 Å². The van der Waals surface area contributed by atoms with Crippen LogP contribution >= 0.6 is 23.2 Å². The number of aromatic nitrogens is 3. The minimum atomic E-state index is -0.279. The first-order valence-electron chi connectivity index (χ1n) is 9.01. The number of carbonyl (C=O) groups is 1. The lowest BCUT2D eigenvalue weighted by atomic mass is 10.1. The van der Waals surface area contributed by atoms with E-state index in [0.717, 1.165) is 19.6 Å². The highest BCUT2D eigenvalue weighted by atomic mass is 35.5. The van der Waals surface area contributed by atoms with Crippen molar-refractivity contribution in [1.82, 2.24) is 25.0 Å².